The van der Waals surface area contributed by atoms with Crippen LogP contribution in [-0.4, -0.2) is 40.4 Å². The van der Waals surface area contributed by atoms with Gasteiger partial charge in [0.25, 0.3) is 17.2 Å². The van der Waals surface area contributed by atoms with Crippen molar-refractivity contribution in [3.05, 3.63) is 96.5 Å². The van der Waals surface area contributed by atoms with Crippen molar-refractivity contribution in [2.24, 2.45) is 0 Å². The van der Waals surface area contributed by atoms with E-state index < -0.39 is 22.1 Å². The second kappa shape index (κ2) is 8.99. The fourth-order valence-electron chi connectivity index (χ4n) is 3.93. The van der Waals surface area contributed by atoms with Crippen LogP contribution in [0.5, 0.6) is 0 Å². The number of benzene rings is 2. The van der Waals surface area contributed by atoms with E-state index in [1.165, 1.54) is 23.0 Å². The first-order valence-electron chi connectivity index (χ1n) is 11.0. The Hall–Kier alpha value is -4.84. The number of fused-ring (bicyclic) bond motifs is 1. The predicted octanol–water partition coefficient (Wildman–Crippen LogP) is 4.03. The number of nitro benzene ring substituents is 1. The molecule has 186 valence electrons. The van der Waals surface area contributed by atoms with E-state index in [1.54, 1.807) is 17.7 Å². The number of carbonyl (C=O) groups excluding carboxylic acids is 1. The van der Waals surface area contributed by atoms with Gasteiger partial charge < -0.3 is 5.32 Å². The molecule has 0 unspecified atom stereocenters. The molecule has 0 aliphatic rings. The first kappa shape index (κ1) is 23.9. The number of hydrogen-bond acceptors (Lipinski definition) is 7. The fraction of sp³-hybridized carbons (Fsp3) is 0.125. The zero-order valence-corrected chi connectivity index (χ0v) is 20.6. The van der Waals surface area contributed by atoms with Crippen LogP contribution in [0.15, 0.2) is 53.5 Å². The fourth-order valence-corrected chi connectivity index (χ4v) is 4.10. The van der Waals surface area contributed by atoms with Gasteiger partial charge in [-0.1, -0.05) is 23.7 Å². The molecule has 0 bridgehead atoms. The lowest BCUT2D eigenvalue weighted by Gasteiger charge is -2.11. The van der Waals surface area contributed by atoms with Gasteiger partial charge in [0.2, 0.25) is 5.95 Å². The highest BCUT2D eigenvalue weighted by molar-refractivity contribution is 6.31. The van der Waals surface area contributed by atoms with Crippen LogP contribution in [0.3, 0.4) is 0 Å². The van der Waals surface area contributed by atoms with E-state index in [-0.39, 0.29) is 27.7 Å². The maximum Gasteiger partial charge on any atom is 0.282 e. The number of nitro groups is 1. The molecule has 37 heavy (non-hydrogen) atoms. The van der Waals surface area contributed by atoms with Crippen LogP contribution in [0, 0.1) is 30.9 Å². The second-order valence-electron chi connectivity index (χ2n) is 8.36. The van der Waals surface area contributed by atoms with Gasteiger partial charge in [-0.2, -0.15) is 19.9 Å². The molecule has 12 nitrogen and oxygen atoms in total. The molecule has 0 saturated heterocycles. The topological polar surface area (TPSA) is 154 Å². The van der Waals surface area contributed by atoms with Crippen molar-refractivity contribution in [2.45, 2.75) is 20.8 Å². The Bertz CT molecular complexity index is 1790. The minimum absolute atomic E-state index is 0.0218. The van der Waals surface area contributed by atoms with Gasteiger partial charge in [-0.05, 0) is 50.1 Å². The first-order chi connectivity index (χ1) is 17.6. The number of hydrogen-bond donors (Lipinski definition) is 2. The van der Waals surface area contributed by atoms with Crippen molar-refractivity contribution in [3.8, 4) is 11.6 Å². The Balaban J connectivity index is 1.61. The molecule has 2 aromatic carbocycles. The standard InChI is InChI=1S/C24H19ClN8O4/c1-12-5-4-6-18(14(12)3)31-21-17(11-26-31)23(35)29-24(28-21)32-20(9-13(2)30-32)27-22(34)16-10-15(25)7-8-19(16)33(36)37/h4-11H,1-3H3,(H,27,34)(H,28,29,35). The van der Waals surface area contributed by atoms with Crippen LogP contribution in [-0.2, 0) is 0 Å². The third kappa shape index (κ3) is 4.23. The Morgan fingerprint density at radius 3 is 2.68 bits per heavy atom. The Kier molecular flexibility index (Phi) is 5.80. The number of carbonyl (C=O) groups is 1. The van der Waals surface area contributed by atoms with Crippen molar-refractivity contribution < 1.29 is 9.72 Å². The molecular weight excluding hydrogens is 500 g/mol. The summed E-state index contributed by atoms with van der Waals surface area (Å²) in [4.78, 5) is 43.9. The van der Waals surface area contributed by atoms with Gasteiger partial charge in [-0.15, -0.1) is 0 Å². The molecule has 1 amide bonds. The van der Waals surface area contributed by atoms with Crippen LogP contribution < -0.4 is 10.9 Å². The summed E-state index contributed by atoms with van der Waals surface area (Å²) < 4.78 is 2.81. The second-order valence-corrected chi connectivity index (χ2v) is 8.79. The molecule has 5 aromatic rings. The summed E-state index contributed by atoms with van der Waals surface area (Å²) in [7, 11) is 0. The molecule has 3 heterocycles. The van der Waals surface area contributed by atoms with Crippen LogP contribution in [0.2, 0.25) is 5.02 Å². The average Bonchev–Trinajstić information content (AvgIpc) is 3.44. The maximum atomic E-state index is 13.0. The minimum Gasteiger partial charge on any atom is -0.306 e. The number of H-pyrrole nitrogens is 1. The molecule has 0 fully saturated rings. The van der Waals surface area contributed by atoms with Crippen molar-refractivity contribution >= 4 is 40.0 Å². The van der Waals surface area contributed by atoms with E-state index >= 15 is 0 Å². The van der Waals surface area contributed by atoms with E-state index in [4.69, 9.17) is 11.6 Å². The largest absolute Gasteiger partial charge is 0.306 e. The van der Waals surface area contributed by atoms with E-state index in [9.17, 15) is 19.7 Å². The Morgan fingerprint density at radius 1 is 1.14 bits per heavy atom. The smallest absolute Gasteiger partial charge is 0.282 e. The number of halogens is 1. The van der Waals surface area contributed by atoms with Crippen LogP contribution in [0.4, 0.5) is 11.5 Å². The molecule has 0 aliphatic carbocycles. The van der Waals surface area contributed by atoms with E-state index in [1.807, 2.05) is 32.0 Å². The molecule has 0 aliphatic heterocycles. The van der Waals surface area contributed by atoms with Crippen LogP contribution >= 0.6 is 11.6 Å². The lowest BCUT2D eigenvalue weighted by molar-refractivity contribution is -0.385. The van der Waals surface area contributed by atoms with E-state index in [0.29, 0.717) is 11.3 Å². The highest BCUT2D eigenvalue weighted by Crippen LogP contribution is 2.25. The summed E-state index contributed by atoms with van der Waals surface area (Å²) >= 11 is 5.97. The number of anilines is 1. The van der Waals surface area contributed by atoms with Crippen molar-refractivity contribution in [1.29, 1.82) is 0 Å². The van der Waals surface area contributed by atoms with Crippen molar-refractivity contribution in [2.75, 3.05) is 5.32 Å². The molecule has 5 rings (SSSR count). The third-order valence-electron chi connectivity index (χ3n) is 5.90. The van der Waals surface area contributed by atoms with Gasteiger partial charge in [0, 0.05) is 17.2 Å². The highest BCUT2D eigenvalue weighted by Gasteiger charge is 2.23. The highest BCUT2D eigenvalue weighted by atomic mass is 35.5. The van der Waals surface area contributed by atoms with Gasteiger partial charge in [-0.25, -0.2) is 4.68 Å². The van der Waals surface area contributed by atoms with Gasteiger partial charge in [0.15, 0.2) is 5.65 Å². The third-order valence-corrected chi connectivity index (χ3v) is 6.14. The summed E-state index contributed by atoms with van der Waals surface area (Å²) in [5.41, 5.74) is 2.49. The zero-order valence-electron chi connectivity index (χ0n) is 19.8. The minimum atomic E-state index is -0.779. The summed E-state index contributed by atoms with van der Waals surface area (Å²) in [6.45, 7) is 5.61. The summed E-state index contributed by atoms with van der Waals surface area (Å²) in [5.74, 6) is -0.621. The first-order valence-corrected chi connectivity index (χ1v) is 11.4. The average molecular weight is 519 g/mol. The molecule has 0 radical (unpaired) electrons. The number of nitrogens with one attached hydrogen (secondary N) is 2. The zero-order chi connectivity index (χ0) is 26.4. The van der Waals surface area contributed by atoms with Gasteiger partial charge in [0.1, 0.15) is 16.8 Å². The lowest BCUT2D eigenvalue weighted by Crippen LogP contribution is -2.19. The normalized spacial score (nSPS) is 11.1. The molecule has 13 heteroatoms. The monoisotopic (exact) mass is 518 g/mol. The van der Waals surface area contributed by atoms with Gasteiger partial charge in [0.05, 0.1) is 22.5 Å². The number of rotatable bonds is 5. The molecule has 2 N–H and O–H groups in total. The summed E-state index contributed by atoms with van der Waals surface area (Å²) in [6, 6.07) is 11.0. The Labute approximate surface area is 213 Å². The van der Waals surface area contributed by atoms with Crippen LogP contribution in [0.1, 0.15) is 27.2 Å². The molecule has 3 aromatic heterocycles. The molecule has 0 spiro atoms. The van der Waals surface area contributed by atoms with Gasteiger partial charge >= 0.3 is 0 Å². The van der Waals surface area contributed by atoms with Crippen LogP contribution in [0.25, 0.3) is 22.7 Å². The number of aromatic nitrogens is 6. The van der Waals surface area contributed by atoms with Crippen molar-refractivity contribution in [3.63, 3.8) is 0 Å². The SMILES string of the molecule is Cc1cc(NC(=O)c2cc(Cl)ccc2[N+](=O)[O-])n(-c2nc3c(cnn3-c3cccc(C)c3C)c(=O)[nH]2)n1. The van der Waals surface area contributed by atoms with E-state index in [2.05, 4.69) is 25.5 Å². The lowest BCUT2D eigenvalue weighted by atomic mass is 10.1. The number of nitrogens with zero attached hydrogens (tertiary/aromatic N) is 6. The molecular formula is C24H19ClN8O4. The maximum absolute atomic E-state index is 13.0. The summed E-state index contributed by atoms with van der Waals surface area (Å²) in [6.07, 6.45) is 1.43. The summed E-state index contributed by atoms with van der Waals surface area (Å²) in [5, 5.41) is 23.2. The Morgan fingerprint density at radius 2 is 1.92 bits per heavy atom. The van der Waals surface area contributed by atoms with E-state index in [0.717, 1.165) is 22.9 Å². The number of aromatic amines is 1. The van der Waals surface area contributed by atoms with Crippen molar-refractivity contribution in [1.82, 2.24) is 29.5 Å². The number of aryl methyl sites for hydroxylation is 2. The quantitative estimate of drug-likeness (QED) is 0.263. The molecule has 0 saturated carbocycles. The molecule has 0 atom stereocenters. The predicted molar refractivity (Wildman–Crippen MR) is 137 cm³/mol. The number of amides is 1. The van der Waals surface area contributed by atoms with Gasteiger partial charge in [-0.3, -0.25) is 24.7 Å².